The Morgan fingerprint density at radius 2 is 2.14 bits per heavy atom. The van der Waals surface area contributed by atoms with Gasteiger partial charge in [-0.1, -0.05) is 6.07 Å². The van der Waals surface area contributed by atoms with E-state index in [1.165, 1.54) is 18.2 Å². The summed E-state index contributed by atoms with van der Waals surface area (Å²) in [5.41, 5.74) is 1.91. The van der Waals surface area contributed by atoms with Crippen LogP contribution in [-0.2, 0) is 0 Å². The van der Waals surface area contributed by atoms with Crippen LogP contribution in [0.3, 0.4) is 0 Å². The first kappa shape index (κ1) is 14.1. The molecular formula is C16H14FN3O2. The predicted octanol–water partition coefficient (Wildman–Crippen LogP) is 3.04. The summed E-state index contributed by atoms with van der Waals surface area (Å²) in [5.74, 6) is -0.186. The van der Waals surface area contributed by atoms with Crippen LogP contribution >= 0.6 is 0 Å². The van der Waals surface area contributed by atoms with Crippen molar-refractivity contribution in [2.45, 2.75) is 6.92 Å². The van der Waals surface area contributed by atoms with Crippen LogP contribution in [0.4, 0.5) is 10.1 Å². The van der Waals surface area contributed by atoms with E-state index in [1.807, 2.05) is 0 Å². The molecule has 0 aliphatic heterocycles. The van der Waals surface area contributed by atoms with Crippen LogP contribution in [0.15, 0.2) is 42.6 Å². The zero-order chi connectivity index (χ0) is 15.7. The molecule has 1 amide bonds. The lowest BCUT2D eigenvalue weighted by molar-refractivity contribution is 0.102. The Kier molecular flexibility index (Phi) is 3.50. The maximum atomic E-state index is 13.2. The molecule has 0 saturated heterocycles. The van der Waals surface area contributed by atoms with Crippen molar-refractivity contribution >= 4 is 17.2 Å². The highest BCUT2D eigenvalue weighted by Gasteiger charge is 2.18. The molecule has 0 fully saturated rings. The first-order valence-corrected chi connectivity index (χ1v) is 6.68. The van der Waals surface area contributed by atoms with Gasteiger partial charge in [0.15, 0.2) is 11.4 Å². The third kappa shape index (κ3) is 2.39. The van der Waals surface area contributed by atoms with E-state index in [0.29, 0.717) is 28.5 Å². The maximum Gasteiger partial charge on any atom is 0.274 e. The summed E-state index contributed by atoms with van der Waals surface area (Å²) >= 11 is 0. The number of aryl methyl sites for hydroxylation is 1. The molecule has 2 heterocycles. The summed E-state index contributed by atoms with van der Waals surface area (Å²) in [6, 6.07) is 9.29. The topological polar surface area (TPSA) is 55.6 Å². The number of hydrogen-bond acceptors (Lipinski definition) is 3. The second kappa shape index (κ2) is 5.48. The maximum absolute atomic E-state index is 13.2. The molecule has 1 aromatic carbocycles. The first-order valence-electron chi connectivity index (χ1n) is 6.68. The minimum absolute atomic E-state index is 0.358. The van der Waals surface area contributed by atoms with E-state index in [4.69, 9.17) is 4.74 Å². The Morgan fingerprint density at radius 1 is 1.32 bits per heavy atom. The molecule has 0 spiro atoms. The van der Waals surface area contributed by atoms with Crippen molar-refractivity contribution in [2.24, 2.45) is 0 Å². The number of carbonyl (C=O) groups excluding carboxylic acids is 1. The van der Waals surface area contributed by atoms with E-state index in [0.717, 1.165) is 0 Å². The van der Waals surface area contributed by atoms with Gasteiger partial charge in [-0.15, -0.1) is 0 Å². The molecular weight excluding hydrogens is 285 g/mol. The fourth-order valence-corrected chi connectivity index (χ4v) is 2.35. The van der Waals surface area contributed by atoms with Gasteiger partial charge in [-0.25, -0.2) is 9.37 Å². The van der Waals surface area contributed by atoms with Gasteiger partial charge in [0, 0.05) is 11.9 Å². The monoisotopic (exact) mass is 299 g/mol. The van der Waals surface area contributed by atoms with Gasteiger partial charge < -0.3 is 10.1 Å². The quantitative estimate of drug-likeness (QED) is 0.808. The highest BCUT2D eigenvalue weighted by atomic mass is 19.1. The molecule has 3 aromatic rings. The Labute approximate surface area is 126 Å². The Hall–Kier alpha value is -2.89. The number of amides is 1. The number of imidazole rings is 1. The molecule has 3 rings (SSSR count). The van der Waals surface area contributed by atoms with E-state index in [2.05, 4.69) is 10.3 Å². The van der Waals surface area contributed by atoms with E-state index >= 15 is 0 Å². The summed E-state index contributed by atoms with van der Waals surface area (Å²) in [5, 5.41) is 2.68. The van der Waals surface area contributed by atoms with Gasteiger partial charge in [0.2, 0.25) is 0 Å². The van der Waals surface area contributed by atoms with Gasteiger partial charge in [0.05, 0.1) is 12.8 Å². The van der Waals surface area contributed by atoms with Crippen LogP contribution < -0.4 is 10.1 Å². The number of pyridine rings is 1. The van der Waals surface area contributed by atoms with Crippen molar-refractivity contribution in [2.75, 3.05) is 12.4 Å². The second-order valence-corrected chi connectivity index (χ2v) is 4.78. The molecule has 0 bridgehead atoms. The van der Waals surface area contributed by atoms with Crippen LogP contribution in [0.5, 0.6) is 5.75 Å². The van der Waals surface area contributed by atoms with Gasteiger partial charge in [-0.3, -0.25) is 9.20 Å². The highest BCUT2D eigenvalue weighted by Crippen LogP contribution is 2.22. The van der Waals surface area contributed by atoms with Gasteiger partial charge in [0.1, 0.15) is 11.5 Å². The van der Waals surface area contributed by atoms with Gasteiger partial charge in [0.25, 0.3) is 5.91 Å². The average Bonchev–Trinajstić information content (AvgIpc) is 2.83. The third-order valence-electron chi connectivity index (χ3n) is 3.31. The minimum atomic E-state index is -0.408. The lowest BCUT2D eigenvalue weighted by Gasteiger charge is -2.07. The van der Waals surface area contributed by atoms with Crippen molar-refractivity contribution in [3.05, 3.63) is 59.8 Å². The highest BCUT2D eigenvalue weighted by molar-refractivity contribution is 6.04. The number of methoxy groups -OCH3 is 1. The Balaban J connectivity index is 2.02. The number of anilines is 1. The number of carbonyl (C=O) groups is 1. The van der Waals surface area contributed by atoms with Gasteiger partial charge in [-0.2, -0.15) is 0 Å². The minimum Gasteiger partial charge on any atom is -0.493 e. The van der Waals surface area contributed by atoms with Crippen LogP contribution in [0.2, 0.25) is 0 Å². The van der Waals surface area contributed by atoms with Crippen LogP contribution in [0.1, 0.15) is 16.2 Å². The van der Waals surface area contributed by atoms with Crippen molar-refractivity contribution < 1.29 is 13.9 Å². The number of aromatic nitrogens is 2. The van der Waals surface area contributed by atoms with Crippen molar-refractivity contribution in [3.63, 3.8) is 0 Å². The number of benzene rings is 1. The number of nitrogens with zero attached hydrogens (tertiary/aromatic N) is 2. The molecule has 1 N–H and O–H groups in total. The number of nitrogens with one attached hydrogen (secondary N) is 1. The SMILES string of the molecule is COc1cccn2c(C(=O)Nc3cccc(F)c3)c(C)nc12. The fraction of sp³-hybridized carbons (Fsp3) is 0.125. The van der Waals surface area contributed by atoms with E-state index < -0.39 is 5.82 Å². The number of halogens is 1. The van der Waals surface area contributed by atoms with Crippen molar-refractivity contribution in [1.82, 2.24) is 9.38 Å². The predicted molar refractivity (Wildman–Crippen MR) is 80.8 cm³/mol. The second-order valence-electron chi connectivity index (χ2n) is 4.78. The number of fused-ring (bicyclic) bond motifs is 1. The number of hydrogen-bond donors (Lipinski definition) is 1. The van der Waals surface area contributed by atoms with Crippen LogP contribution in [-0.4, -0.2) is 22.4 Å². The zero-order valence-corrected chi connectivity index (χ0v) is 12.1. The van der Waals surface area contributed by atoms with Gasteiger partial charge in [-0.05, 0) is 37.3 Å². The van der Waals surface area contributed by atoms with Crippen LogP contribution in [0, 0.1) is 12.7 Å². The molecule has 0 radical (unpaired) electrons. The summed E-state index contributed by atoms with van der Waals surface area (Å²) in [7, 11) is 1.55. The van der Waals surface area contributed by atoms with E-state index in [-0.39, 0.29) is 5.91 Å². The molecule has 0 aliphatic carbocycles. The molecule has 2 aromatic heterocycles. The lowest BCUT2D eigenvalue weighted by atomic mass is 10.2. The number of rotatable bonds is 3. The summed E-state index contributed by atoms with van der Waals surface area (Å²) in [6.07, 6.45) is 1.73. The van der Waals surface area contributed by atoms with Gasteiger partial charge >= 0.3 is 0 Å². The third-order valence-corrected chi connectivity index (χ3v) is 3.31. The molecule has 0 unspecified atom stereocenters. The average molecular weight is 299 g/mol. The molecule has 112 valence electrons. The summed E-state index contributed by atoms with van der Waals surface area (Å²) in [4.78, 5) is 16.9. The zero-order valence-electron chi connectivity index (χ0n) is 12.1. The van der Waals surface area contributed by atoms with E-state index in [1.54, 1.807) is 42.8 Å². The standard InChI is InChI=1S/C16H14FN3O2/c1-10-14(16(21)19-12-6-3-5-11(17)9-12)20-8-4-7-13(22-2)15(20)18-10/h3-9H,1-2H3,(H,19,21). The fourth-order valence-electron chi connectivity index (χ4n) is 2.35. The lowest BCUT2D eigenvalue weighted by Crippen LogP contribution is -2.15. The largest absolute Gasteiger partial charge is 0.493 e. The Bertz CT molecular complexity index is 858. The first-order chi connectivity index (χ1) is 10.6. The molecule has 0 atom stereocenters. The van der Waals surface area contributed by atoms with Crippen LogP contribution in [0.25, 0.3) is 5.65 Å². The van der Waals surface area contributed by atoms with Crippen molar-refractivity contribution in [3.8, 4) is 5.75 Å². The summed E-state index contributed by atoms with van der Waals surface area (Å²) < 4.78 is 20.1. The normalized spacial score (nSPS) is 10.7. The Morgan fingerprint density at radius 3 is 2.86 bits per heavy atom. The molecule has 22 heavy (non-hydrogen) atoms. The van der Waals surface area contributed by atoms with E-state index in [9.17, 15) is 9.18 Å². The molecule has 6 heteroatoms. The smallest absolute Gasteiger partial charge is 0.274 e. The molecule has 0 saturated carbocycles. The molecule has 5 nitrogen and oxygen atoms in total. The summed E-state index contributed by atoms with van der Waals surface area (Å²) in [6.45, 7) is 1.74. The number of ether oxygens (including phenoxy) is 1. The van der Waals surface area contributed by atoms with Crippen molar-refractivity contribution in [1.29, 1.82) is 0 Å². The molecule has 0 aliphatic rings.